The first-order chi connectivity index (χ1) is 16.4. The van der Waals surface area contributed by atoms with Crippen LogP contribution >= 0.6 is 0 Å². The van der Waals surface area contributed by atoms with E-state index in [9.17, 15) is 9.59 Å². The molecule has 2 fully saturated rings. The van der Waals surface area contributed by atoms with Gasteiger partial charge in [-0.25, -0.2) is 14.1 Å². The minimum atomic E-state index is -0.280. The molecule has 0 aromatic carbocycles. The molecule has 34 heavy (non-hydrogen) atoms. The van der Waals surface area contributed by atoms with Gasteiger partial charge in [0.15, 0.2) is 11.3 Å². The average molecular weight is 467 g/mol. The van der Waals surface area contributed by atoms with Gasteiger partial charge in [0.1, 0.15) is 17.3 Å². The van der Waals surface area contributed by atoms with E-state index in [-0.39, 0.29) is 35.9 Å². The van der Waals surface area contributed by atoms with Crippen molar-refractivity contribution in [2.24, 2.45) is 5.73 Å². The summed E-state index contributed by atoms with van der Waals surface area (Å²) in [5, 5.41) is 12.4. The number of hydrogen-bond acceptors (Lipinski definition) is 9. The van der Waals surface area contributed by atoms with Gasteiger partial charge in [0.05, 0.1) is 18.2 Å². The maximum absolute atomic E-state index is 13.4. The van der Waals surface area contributed by atoms with Crippen LogP contribution < -0.4 is 10.6 Å². The Labute approximate surface area is 197 Å². The molecule has 5 rings (SSSR count). The predicted molar refractivity (Wildman–Crippen MR) is 123 cm³/mol. The van der Waals surface area contributed by atoms with Crippen molar-refractivity contribution in [1.82, 2.24) is 29.8 Å². The standard InChI is InChI=1S/C23H30N8O3/c1-3-16(32)10-18-21(28-34-27-18)23(33)30-8-5-4-6-19(30)17-11-20-25-22(14(2)12-31(20)26-17)29-9-7-15(24)13-29/h11-12,15,19H,3-10,13,24H2,1-2H3/t15-,19-/m0/s1. The molecule has 0 bridgehead atoms. The molecule has 3 aromatic heterocycles. The molecule has 0 spiro atoms. The first-order valence-electron chi connectivity index (χ1n) is 12.0. The second-order valence-electron chi connectivity index (χ2n) is 9.25. The number of piperidine rings is 1. The SMILES string of the molecule is CCC(=O)Cc1nonc1C(=O)N1CCCC[C@H]1c1cc2nc(N3CC[C@H](N)C3)c(C)cn2n1. The van der Waals surface area contributed by atoms with Gasteiger partial charge in [0.2, 0.25) is 0 Å². The van der Waals surface area contributed by atoms with E-state index in [1.54, 1.807) is 16.3 Å². The summed E-state index contributed by atoms with van der Waals surface area (Å²) in [5.41, 5.74) is 9.07. The number of hydrogen-bond donors (Lipinski definition) is 1. The Balaban J connectivity index is 1.44. The number of nitrogens with zero attached hydrogens (tertiary/aromatic N) is 7. The number of amides is 1. The van der Waals surface area contributed by atoms with Gasteiger partial charge in [0.25, 0.3) is 5.91 Å². The molecule has 2 N–H and O–H groups in total. The molecule has 0 saturated carbocycles. The fraction of sp³-hybridized carbons (Fsp3) is 0.565. The van der Waals surface area contributed by atoms with Crippen LogP contribution in [0.3, 0.4) is 0 Å². The number of nitrogens with two attached hydrogens (primary N) is 1. The van der Waals surface area contributed by atoms with Crippen LogP contribution in [-0.4, -0.2) is 67.2 Å². The molecule has 180 valence electrons. The maximum Gasteiger partial charge on any atom is 0.278 e. The summed E-state index contributed by atoms with van der Waals surface area (Å²) in [5.74, 6) is 0.636. The maximum atomic E-state index is 13.4. The summed E-state index contributed by atoms with van der Waals surface area (Å²) in [6.45, 7) is 6.08. The smallest absolute Gasteiger partial charge is 0.278 e. The van der Waals surface area contributed by atoms with E-state index in [2.05, 4.69) is 15.2 Å². The third-order valence-electron chi connectivity index (χ3n) is 6.77. The molecule has 2 aliphatic rings. The molecule has 11 nitrogen and oxygen atoms in total. The van der Waals surface area contributed by atoms with Gasteiger partial charge in [-0.2, -0.15) is 5.10 Å². The summed E-state index contributed by atoms with van der Waals surface area (Å²) in [6.07, 6.45) is 6.02. The number of aromatic nitrogens is 5. The van der Waals surface area contributed by atoms with Gasteiger partial charge in [-0.15, -0.1) is 0 Å². The first-order valence-corrected chi connectivity index (χ1v) is 12.0. The van der Waals surface area contributed by atoms with Crippen molar-refractivity contribution >= 4 is 23.2 Å². The average Bonchev–Trinajstić information content (AvgIpc) is 3.57. The Kier molecular flexibility index (Phi) is 6.03. The molecule has 5 heterocycles. The van der Waals surface area contributed by atoms with E-state index in [1.165, 1.54) is 0 Å². The molecular formula is C23H30N8O3. The number of carbonyl (C=O) groups excluding carboxylic acids is 2. The van der Waals surface area contributed by atoms with Crippen molar-refractivity contribution < 1.29 is 14.2 Å². The fourth-order valence-corrected chi connectivity index (χ4v) is 4.90. The lowest BCUT2D eigenvalue weighted by atomic mass is 9.98. The summed E-state index contributed by atoms with van der Waals surface area (Å²) < 4.78 is 6.61. The second kappa shape index (κ2) is 9.13. The molecular weight excluding hydrogens is 436 g/mol. The van der Waals surface area contributed by atoms with E-state index in [0.717, 1.165) is 61.5 Å². The number of anilines is 1. The summed E-state index contributed by atoms with van der Waals surface area (Å²) >= 11 is 0. The topological polar surface area (TPSA) is 136 Å². The minimum Gasteiger partial charge on any atom is -0.355 e. The monoisotopic (exact) mass is 466 g/mol. The van der Waals surface area contributed by atoms with Crippen LogP contribution in [0.25, 0.3) is 5.65 Å². The highest BCUT2D eigenvalue weighted by Crippen LogP contribution is 2.33. The minimum absolute atomic E-state index is 0.0171. The Morgan fingerprint density at radius 3 is 2.82 bits per heavy atom. The highest BCUT2D eigenvalue weighted by molar-refractivity contribution is 5.95. The molecule has 0 radical (unpaired) electrons. The largest absolute Gasteiger partial charge is 0.355 e. The van der Waals surface area contributed by atoms with Crippen LogP contribution in [0.2, 0.25) is 0 Å². The van der Waals surface area contributed by atoms with E-state index in [4.69, 9.17) is 20.4 Å². The zero-order valence-corrected chi connectivity index (χ0v) is 19.6. The molecule has 1 amide bonds. The molecule has 11 heteroatoms. The Hall–Kier alpha value is -3.34. The predicted octanol–water partition coefficient (Wildman–Crippen LogP) is 1.85. The van der Waals surface area contributed by atoms with Crippen LogP contribution in [0, 0.1) is 6.92 Å². The van der Waals surface area contributed by atoms with E-state index in [1.807, 2.05) is 19.2 Å². The Morgan fingerprint density at radius 2 is 2.06 bits per heavy atom. The van der Waals surface area contributed by atoms with Gasteiger partial charge >= 0.3 is 0 Å². The second-order valence-corrected chi connectivity index (χ2v) is 9.25. The van der Waals surface area contributed by atoms with Crippen molar-refractivity contribution in [2.45, 2.75) is 64.5 Å². The molecule has 0 aliphatic carbocycles. The number of Topliss-reactive ketones (excluding diaryl/α,β-unsaturated/α-hetero) is 1. The van der Waals surface area contributed by atoms with Crippen LogP contribution in [0.1, 0.15) is 72.5 Å². The normalized spacial score (nSPS) is 20.9. The number of ketones is 1. The van der Waals surface area contributed by atoms with E-state index in [0.29, 0.717) is 18.7 Å². The summed E-state index contributed by atoms with van der Waals surface area (Å²) in [7, 11) is 0. The summed E-state index contributed by atoms with van der Waals surface area (Å²) in [6, 6.07) is 1.92. The van der Waals surface area contributed by atoms with Crippen molar-refractivity contribution in [3.8, 4) is 0 Å². The zero-order chi connectivity index (χ0) is 23.8. The van der Waals surface area contributed by atoms with Gasteiger partial charge in [-0.1, -0.05) is 12.1 Å². The first kappa shape index (κ1) is 22.5. The fourth-order valence-electron chi connectivity index (χ4n) is 4.90. The highest BCUT2D eigenvalue weighted by Gasteiger charge is 2.34. The van der Waals surface area contributed by atoms with Crippen molar-refractivity contribution in [2.75, 3.05) is 24.5 Å². The molecule has 0 unspecified atom stereocenters. The Morgan fingerprint density at radius 1 is 1.21 bits per heavy atom. The molecule has 2 saturated heterocycles. The third-order valence-corrected chi connectivity index (χ3v) is 6.77. The van der Waals surface area contributed by atoms with E-state index < -0.39 is 0 Å². The van der Waals surface area contributed by atoms with Crippen LogP contribution in [0.15, 0.2) is 16.9 Å². The van der Waals surface area contributed by atoms with Crippen molar-refractivity contribution in [1.29, 1.82) is 0 Å². The van der Waals surface area contributed by atoms with Crippen LogP contribution in [0.5, 0.6) is 0 Å². The molecule has 2 atom stereocenters. The molecule has 2 aliphatic heterocycles. The van der Waals surface area contributed by atoms with Crippen LogP contribution in [-0.2, 0) is 11.2 Å². The van der Waals surface area contributed by atoms with Crippen molar-refractivity contribution in [3.05, 3.63) is 34.9 Å². The quantitative estimate of drug-likeness (QED) is 0.577. The lowest BCUT2D eigenvalue weighted by molar-refractivity contribution is -0.118. The number of rotatable bonds is 6. The number of carbonyl (C=O) groups is 2. The van der Waals surface area contributed by atoms with Gasteiger partial charge in [-0.05, 0) is 37.8 Å². The van der Waals surface area contributed by atoms with Crippen LogP contribution in [0.4, 0.5) is 5.82 Å². The van der Waals surface area contributed by atoms with Crippen molar-refractivity contribution in [3.63, 3.8) is 0 Å². The number of fused-ring (bicyclic) bond motifs is 1. The molecule has 3 aromatic rings. The van der Waals surface area contributed by atoms with Gasteiger partial charge in [-0.3, -0.25) is 9.59 Å². The number of likely N-dealkylation sites (tertiary alicyclic amines) is 1. The lowest BCUT2D eigenvalue weighted by Gasteiger charge is -2.34. The number of aryl methyl sites for hydroxylation is 1. The summed E-state index contributed by atoms with van der Waals surface area (Å²) in [4.78, 5) is 34.2. The third kappa shape index (κ3) is 4.15. The zero-order valence-electron chi connectivity index (χ0n) is 19.6. The highest BCUT2D eigenvalue weighted by atomic mass is 16.6. The van der Waals surface area contributed by atoms with Gasteiger partial charge < -0.3 is 15.5 Å². The lowest BCUT2D eigenvalue weighted by Crippen LogP contribution is -2.39. The van der Waals surface area contributed by atoms with E-state index >= 15 is 0 Å². The van der Waals surface area contributed by atoms with Gasteiger partial charge in [0, 0.05) is 49.9 Å². The Bertz CT molecular complexity index is 1220.